The van der Waals surface area contributed by atoms with Gasteiger partial charge in [0.2, 0.25) is 0 Å². The Morgan fingerprint density at radius 1 is 1.04 bits per heavy atom. The van der Waals surface area contributed by atoms with Crippen LogP contribution >= 0.6 is 0 Å². The van der Waals surface area contributed by atoms with Gasteiger partial charge in [0.05, 0.1) is 13.7 Å². The van der Waals surface area contributed by atoms with Crippen molar-refractivity contribution in [2.75, 3.05) is 25.6 Å². The lowest BCUT2D eigenvalue weighted by atomic mass is 10.1. The van der Waals surface area contributed by atoms with Crippen LogP contribution in [-0.2, 0) is 6.42 Å². The number of anilines is 1. The van der Waals surface area contributed by atoms with Gasteiger partial charge < -0.3 is 20.1 Å². The topological polar surface area (TPSA) is 59.6 Å². The van der Waals surface area contributed by atoms with Crippen molar-refractivity contribution in [3.8, 4) is 11.5 Å². The number of ether oxygens (including phenoxy) is 2. The van der Waals surface area contributed by atoms with E-state index < -0.39 is 0 Å². The van der Waals surface area contributed by atoms with Gasteiger partial charge in [-0.15, -0.1) is 0 Å². The van der Waals surface area contributed by atoms with Crippen LogP contribution in [0.4, 0.5) is 10.5 Å². The third kappa shape index (κ3) is 5.21. The number of rotatable bonds is 7. The molecule has 0 saturated heterocycles. The van der Waals surface area contributed by atoms with Gasteiger partial charge in [-0.3, -0.25) is 0 Å². The van der Waals surface area contributed by atoms with Crippen molar-refractivity contribution >= 4 is 11.7 Å². The fraction of sp³-hybridized carbons (Fsp3) is 0.278. The number of hydrogen-bond acceptors (Lipinski definition) is 3. The lowest BCUT2D eigenvalue weighted by Gasteiger charge is -2.11. The van der Waals surface area contributed by atoms with E-state index in [1.54, 1.807) is 7.11 Å². The average Bonchev–Trinajstić information content (AvgIpc) is 2.59. The Kier molecular flexibility index (Phi) is 6.29. The third-order valence-corrected chi connectivity index (χ3v) is 3.33. The van der Waals surface area contributed by atoms with Crippen LogP contribution in [0.25, 0.3) is 0 Å². The Hall–Kier alpha value is -2.69. The molecule has 0 heterocycles. The minimum atomic E-state index is -0.252. The highest BCUT2D eigenvalue weighted by molar-refractivity contribution is 5.89. The van der Waals surface area contributed by atoms with Crippen LogP contribution in [0.1, 0.15) is 12.5 Å². The molecule has 0 aromatic heterocycles. The Bertz CT molecular complexity index is 626. The van der Waals surface area contributed by atoms with Gasteiger partial charge in [0.25, 0.3) is 0 Å². The van der Waals surface area contributed by atoms with Gasteiger partial charge in [-0.1, -0.05) is 31.2 Å². The highest BCUT2D eigenvalue weighted by Crippen LogP contribution is 2.25. The van der Waals surface area contributed by atoms with Gasteiger partial charge in [0.15, 0.2) is 11.5 Å². The number of para-hydroxylation sites is 2. The lowest BCUT2D eigenvalue weighted by Crippen LogP contribution is -2.32. The molecule has 5 nitrogen and oxygen atoms in total. The summed E-state index contributed by atoms with van der Waals surface area (Å²) in [5.41, 5.74) is 2.01. The standard InChI is InChI=1S/C18H22N2O3/c1-3-14-8-10-15(11-9-14)20-18(21)19-12-13-23-17-7-5-4-6-16(17)22-2/h4-11H,3,12-13H2,1-2H3,(H2,19,20,21). The summed E-state index contributed by atoms with van der Waals surface area (Å²) in [6.45, 7) is 2.86. The van der Waals surface area contributed by atoms with Gasteiger partial charge in [-0.2, -0.15) is 0 Å². The molecule has 2 amide bonds. The second kappa shape index (κ2) is 8.68. The quantitative estimate of drug-likeness (QED) is 0.770. The SMILES string of the molecule is CCc1ccc(NC(=O)NCCOc2ccccc2OC)cc1. The predicted octanol–water partition coefficient (Wildman–Crippen LogP) is 3.46. The molecule has 0 aliphatic carbocycles. The molecule has 0 fully saturated rings. The molecule has 2 N–H and O–H groups in total. The summed E-state index contributed by atoms with van der Waals surface area (Å²) < 4.78 is 10.8. The molecule has 0 spiro atoms. The number of carbonyl (C=O) groups is 1. The van der Waals surface area contributed by atoms with E-state index in [0.717, 1.165) is 12.1 Å². The molecule has 0 aliphatic heterocycles. The van der Waals surface area contributed by atoms with E-state index in [1.807, 2.05) is 48.5 Å². The largest absolute Gasteiger partial charge is 0.493 e. The van der Waals surface area contributed by atoms with E-state index >= 15 is 0 Å². The van der Waals surface area contributed by atoms with Crippen LogP contribution in [0.5, 0.6) is 11.5 Å². The summed E-state index contributed by atoms with van der Waals surface area (Å²) in [5.74, 6) is 1.33. The van der Waals surface area contributed by atoms with E-state index in [2.05, 4.69) is 17.6 Å². The molecule has 5 heteroatoms. The number of carbonyl (C=O) groups excluding carboxylic acids is 1. The Morgan fingerprint density at radius 2 is 1.74 bits per heavy atom. The van der Waals surface area contributed by atoms with Crippen LogP contribution in [0, 0.1) is 0 Å². The fourth-order valence-electron chi connectivity index (χ4n) is 2.06. The monoisotopic (exact) mass is 314 g/mol. The predicted molar refractivity (Wildman–Crippen MR) is 91.3 cm³/mol. The van der Waals surface area contributed by atoms with E-state index in [-0.39, 0.29) is 6.03 Å². The highest BCUT2D eigenvalue weighted by Gasteiger charge is 2.04. The van der Waals surface area contributed by atoms with Crippen LogP contribution < -0.4 is 20.1 Å². The summed E-state index contributed by atoms with van der Waals surface area (Å²) in [5, 5.41) is 5.54. The summed E-state index contributed by atoms with van der Waals surface area (Å²) in [4.78, 5) is 11.8. The van der Waals surface area contributed by atoms with Gasteiger partial charge in [-0.25, -0.2) is 4.79 Å². The van der Waals surface area contributed by atoms with Crippen molar-refractivity contribution < 1.29 is 14.3 Å². The minimum absolute atomic E-state index is 0.252. The molecule has 0 bridgehead atoms. The maximum atomic E-state index is 11.8. The van der Waals surface area contributed by atoms with Crippen molar-refractivity contribution in [2.45, 2.75) is 13.3 Å². The van der Waals surface area contributed by atoms with E-state index in [4.69, 9.17) is 9.47 Å². The number of aryl methyl sites for hydroxylation is 1. The van der Waals surface area contributed by atoms with Crippen molar-refractivity contribution in [1.29, 1.82) is 0 Å². The second-order valence-electron chi connectivity index (χ2n) is 4.93. The Balaban J connectivity index is 1.72. The van der Waals surface area contributed by atoms with Crippen LogP contribution in [0.15, 0.2) is 48.5 Å². The summed E-state index contributed by atoms with van der Waals surface area (Å²) in [7, 11) is 1.59. The zero-order valence-corrected chi connectivity index (χ0v) is 13.5. The van der Waals surface area contributed by atoms with E-state index in [9.17, 15) is 4.79 Å². The smallest absolute Gasteiger partial charge is 0.319 e. The first-order chi connectivity index (χ1) is 11.2. The molecule has 2 aromatic rings. The van der Waals surface area contributed by atoms with Crippen LogP contribution in [-0.4, -0.2) is 26.3 Å². The Labute approximate surface area is 136 Å². The minimum Gasteiger partial charge on any atom is -0.493 e. The lowest BCUT2D eigenvalue weighted by molar-refractivity contribution is 0.246. The molecule has 0 atom stereocenters. The highest BCUT2D eigenvalue weighted by atomic mass is 16.5. The van der Waals surface area contributed by atoms with E-state index in [0.29, 0.717) is 24.7 Å². The summed E-state index contributed by atoms with van der Waals surface area (Å²) >= 11 is 0. The first-order valence-electron chi connectivity index (χ1n) is 7.62. The number of urea groups is 1. The molecular weight excluding hydrogens is 292 g/mol. The maximum Gasteiger partial charge on any atom is 0.319 e. The molecule has 23 heavy (non-hydrogen) atoms. The zero-order chi connectivity index (χ0) is 16.5. The number of methoxy groups -OCH3 is 1. The van der Waals surface area contributed by atoms with E-state index in [1.165, 1.54) is 5.56 Å². The summed E-state index contributed by atoms with van der Waals surface area (Å²) in [6.07, 6.45) is 0.979. The van der Waals surface area contributed by atoms with Gasteiger partial charge in [0.1, 0.15) is 6.61 Å². The van der Waals surface area contributed by atoms with Crippen molar-refractivity contribution in [3.63, 3.8) is 0 Å². The van der Waals surface area contributed by atoms with Crippen LogP contribution in [0.3, 0.4) is 0 Å². The molecule has 2 rings (SSSR count). The molecule has 0 radical (unpaired) electrons. The molecule has 0 unspecified atom stereocenters. The molecule has 0 aliphatic rings. The van der Waals surface area contributed by atoms with Crippen molar-refractivity contribution in [2.24, 2.45) is 0 Å². The zero-order valence-electron chi connectivity index (χ0n) is 13.5. The van der Waals surface area contributed by atoms with Crippen molar-refractivity contribution in [3.05, 3.63) is 54.1 Å². The number of hydrogen-bond donors (Lipinski definition) is 2. The van der Waals surface area contributed by atoms with Gasteiger partial charge >= 0.3 is 6.03 Å². The van der Waals surface area contributed by atoms with Gasteiger partial charge in [0, 0.05) is 5.69 Å². The fourth-order valence-corrected chi connectivity index (χ4v) is 2.06. The normalized spacial score (nSPS) is 10.0. The number of amides is 2. The summed E-state index contributed by atoms with van der Waals surface area (Å²) in [6, 6.07) is 14.9. The maximum absolute atomic E-state index is 11.8. The number of benzene rings is 2. The molecule has 0 saturated carbocycles. The Morgan fingerprint density at radius 3 is 2.39 bits per heavy atom. The average molecular weight is 314 g/mol. The van der Waals surface area contributed by atoms with Gasteiger partial charge in [-0.05, 0) is 36.2 Å². The number of nitrogens with one attached hydrogen (secondary N) is 2. The van der Waals surface area contributed by atoms with Crippen LogP contribution in [0.2, 0.25) is 0 Å². The van der Waals surface area contributed by atoms with Crippen molar-refractivity contribution in [1.82, 2.24) is 5.32 Å². The molecule has 122 valence electrons. The first kappa shape index (κ1) is 16.7. The first-order valence-corrected chi connectivity index (χ1v) is 7.62. The second-order valence-corrected chi connectivity index (χ2v) is 4.93. The molecular formula is C18H22N2O3. The third-order valence-electron chi connectivity index (χ3n) is 3.33. The molecule has 2 aromatic carbocycles.